The molecule has 98 valence electrons. The standard InChI is InChI=1S/C15H17N3S/c1-3-7-12(4-2)17-10-13-11-19-15(18-13)14-8-5-6-9-16-14/h1,5-6,8-9,11-12,17H,4,7,10H2,2H3. The Bertz CT molecular complexity index is 542. The number of nitrogens with one attached hydrogen (secondary N) is 1. The van der Waals surface area contributed by atoms with Gasteiger partial charge in [-0.3, -0.25) is 4.98 Å². The van der Waals surface area contributed by atoms with Crippen LogP contribution in [0.5, 0.6) is 0 Å². The molecule has 19 heavy (non-hydrogen) atoms. The summed E-state index contributed by atoms with van der Waals surface area (Å²) in [4.78, 5) is 8.89. The molecule has 2 heterocycles. The first-order valence-corrected chi connectivity index (χ1v) is 7.24. The Morgan fingerprint density at radius 2 is 2.37 bits per heavy atom. The average molecular weight is 271 g/mol. The summed E-state index contributed by atoms with van der Waals surface area (Å²) >= 11 is 1.62. The van der Waals surface area contributed by atoms with Crippen LogP contribution >= 0.6 is 11.3 Å². The lowest BCUT2D eigenvalue weighted by Gasteiger charge is -2.12. The molecular weight excluding hydrogens is 254 g/mol. The van der Waals surface area contributed by atoms with E-state index in [-0.39, 0.29) is 0 Å². The van der Waals surface area contributed by atoms with Crippen LogP contribution in [0.2, 0.25) is 0 Å². The summed E-state index contributed by atoms with van der Waals surface area (Å²) in [5.74, 6) is 2.70. The fraction of sp³-hybridized carbons (Fsp3) is 0.333. The SMILES string of the molecule is C#CCC(CC)NCc1csc(-c2ccccn2)n1. The molecule has 0 fully saturated rings. The molecule has 2 aromatic rings. The van der Waals surface area contributed by atoms with Crippen molar-refractivity contribution in [2.45, 2.75) is 32.4 Å². The van der Waals surface area contributed by atoms with Crippen LogP contribution in [0.3, 0.4) is 0 Å². The molecule has 0 saturated heterocycles. The Morgan fingerprint density at radius 1 is 1.47 bits per heavy atom. The molecule has 0 aliphatic heterocycles. The number of terminal acetylenes is 1. The first-order valence-electron chi connectivity index (χ1n) is 6.36. The van der Waals surface area contributed by atoms with Crippen LogP contribution in [0.25, 0.3) is 10.7 Å². The van der Waals surface area contributed by atoms with Gasteiger partial charge < -0.3 is 5.32 Å². The van der Waals surface area contributed by atoms with Crippen LogP contribution in [0.15, 0.2) is 29.8 Å². The summed E-state index contributed by atoms with van der Waals surface area (Å²) < 4.78 is 0. The molecule has 0 amide bonds. The molecule has 0 saturated carbocycles. The first kappa shape index (κ1) is 13.7. The third-order valence-electron chi connectivity index (χ3n) is 2.86. The van der Waals surface area contributed by atoms with Crippen LogP contribution in [-0.2, 0) is 6.54 Å². The van der Waals surface area contributed by atoms with Gasteiger partial charge in [-0.1, -0.05) is 13.0 Å². The van der Waals surface area contributed by atoms with Crippen LogP contribution in [0.4, 0.5) is 0 Å². The van der Waals surface area contributed by atoms with Gasteiger partial charge in [0.2, 0.25) is 0 Å². The molecule has 0 spiro atoms. The Hall–Kier alpha value is -1.70. The summed E-state index contributed by atoms with van der Waals surface area (Å²) in [5.41, 5.74) is 1.97. The fourth-order valence-corrected chi connectivity index (χ4v) is 2.54. The summed E-state index contributed by atoms with van der Waals surface area (Å²) in [6.45, 7) is 2.89. The highest BCUT2D eigenvalue weighted by molar-refractivity contribution is 7.13. The van der Waals surface area contributed by atoms with Crippen LogP contribution < -0.4 is 5.32 Å². The van der Waals surface area contributed by atoms with Crippen molar-refractivity contribution < 1.29 is 0 Å². The van der Waals surface area contributed by atoms with Gasteiger partial charge in [-0.2, -0.15) is 0 Å². The van der Waals surface area contributed by atoms with E-state index in [1.54, 1.807) is 17.5 Å². The summed E-state index contributed by atoms with van der Waals surface area (Å²) in [6.07, 6.45) is 8.92. The Balaban J connectivity index is 1.97. The number of thiazole rings is 1. The third kappa shape index (κ3) is 3.88. The zero-order chi connectivity index (χ0) is 13.5. The smallest absolute Gasteiger partial charge is 0.142 e. The molecule has 1 atom stereocenters. The molecule has 4 heteroatoms. The lowest BCUT2D eigenvalue weighted by Crippen LogP contribution is -2.27. The number of aromatic nitrogens is 2. The van der Waals surface area contributed by atoms with Gasteiger partial charge in [0.15, 0.2) is 0 Å². The van der Waals surface area contributed by atoms with Gasteiger partial charge >= 0.3 is 0 Å². The van der Waals surface area contributed by atoms with E-state index in [1.165, 1.54) is 0 Å². The fourth-order valence-electron chi connectivity index (χ4n) is 1.75. The Kier molecular flexibility index (Phi) is 5.08. The van der Waals surface area contributed by atoms with E-state index in [1.807, 2.05) is 18.2 Å². The van der Waals surface area contributed by atoms with Crippen molar-refractivity contribution in [3.8, 4) is 23.0 Å². The van der Waals surface area contributed by atoms with Gasteiger partial charge in [0, 0.05) is 30.6 Å². The molecule has 0 bridgehead atoms. The van der Waals surface area contributed by atoms with E-state index in [9.17, 15) is 0 Å². The minimum atomic E-state index is 0.366. The monoisotopic (exact) mass is 271 g/mol. The van der Waals surface area contributed by atoms with Gasteiger partial charge in [0.05, 0.1) is 11.4 Å². The molecule has 3 nitrogen and oxygen atoms in total. The number of rotatable bonds is 6. The molecule has 0 aliphatic carbocycles. The highest BCUT2D eigenvalue weighted by Gasteiger charge is 2.08. The van der Waals surface area contributed by atoms with Gasteiger partial charge in [-0.25, -0.2) is 4.98 Å². The maximum absolute atomic E-state index is 5.34. The molecule has 2 rings (SSSR count). The summed E-state index contributed by atoms with van der Waals surface area (Å²) in [6, 6.07) is 6.22. The maximum Gasteiger partial charge on any atom is 0.142 e. The van der Waals surface area contributed by atoms with Crippen molar-refractivity contribution in [2.75, 3.05) is 0 Å². The highest BCUT2D eigenvalue weighted by Crippen LogP contribution is 2.21. The van der Waals surface area contributed by atoms with E-state index < -0.39 is 0 Å². The molecule has 1 N–H and O–H groups in total. The number of nitrogens with zero attached hydrogens (tertiary/aromatic N) is 2. The molecule has 2 aromatic heterocycles. The summed E-state index contributed by atoms with van der Waals surface area (Å²) in [5, 5.41) is 6.46. The van der Waals surface area contributed by atoms with Crippen molar-refractivity contribution in [1.29, 1.82) is 0 Å². The molecule has 0 aromatic carbocycles. The zero-order valence-electron chi connectivity index (χ0n) is 11.0. The minimum Gasteiger partial charge on any atom is -0.307 e. The third-order valence-corrected chi connectivity index (χ3v) is 3.78. The van der Waals surface area contributed by atoms with E-state index >= 15 is 0 Å². The van der Waals surface area contributed by atoms with Crippen molar-refractivity contribution in [3.05, 3.63) is 35.5 Å². The quantitative estimate of drug-likeness (QED) is 0.820. The molecular formula is C15H17N3S. The van der Waals surface area contributed by atoms with E-state index in [0.717, 1.165) is 35.8 Å². The predicted molar refractivity (Wildman–Crippen MR) is 79.7 cm³/mol. The van der Waals surface area contributed by atoms with Crippen LogP contribution in [0, 0.1) is 12.3 Å². The second kappa shape index (κ2) is 7.03. The van der Waals surface area contributed by atoms with Gasteiger partial charge in [-0.15, -0.1) is 23.7 Å². The van der Waals surface area contributed by atoms with Gasteiger partial charge in [-0.05, 0) is 18.6 Å². The van der Waals surface area contributed by atoms with E-state index in [2.05, 4.69) is 33.5 Å². The van der Waals surface area contributed by atoms with E-state index in [4.69, 9.17) is 6.42 Å². The van der Waals surface area contributed by atoms with Gasteiger partial charge in [0.1, 0.15) is 5.01 Å². The minimum absolute atomic E-state index is 0.366. The largest absolute Gasteiger partial charge is 0.307 e. The predicted octanol–water partition coefficient (Wildman–Crippen LogP) is 3.10. The van der Waals surface area contributed by atoms with Crippen molar-refractivity contribution in [2.24, 2.45) is 0 Å². The van der Waals surface area contributed by atoms with E-state index in [0.29, 0.717) is 6.04 Å². The second-order valence-corrected chi connectivity index (χ2v) is 5.11. The molecule has 0 radical (unpaired) electrons. The van der Waals surface area contributed by atoms with Crippen LogP contribution in [0.1, 0.15) is 25.5 Å². The average Bonchev–Trinajstić information content (AvgIpc) is 2.93. The Labute approximate surface area is 118 Å². The number of hydrogen-bond donors (Lipinski definition) is 1. The van der Waals surface area contributed by atoms with Gasteiger partial charge in [0.25, 0.3) is 0 Å². The molecule has 0 aliphatic rings. The number of hydrogen-bond acceptors (Lipinski definition) is 4. The first-order chi connectivity index (χ1) is 9.33. The van der Waals surface area contributed by atoms with Crippen molar-refractivity contribution in [3.63, 3.8) is 0 Å². The zero-order valence-corrected chi connectivity index (χ0v) is 11.8. The maximum atomic E-state index is 5.34. The number of pyridine rings is 1. The highest BCUT2D eigenvalue weighted by atomic mass is 32.1. The normalized spacial score (nSPS) is 12.0. The van der Waals surface area contributed by atoms with Crippen molar-refractivity contribution in [1.82, 2.24) is 15.3 Å². The second-order valence-electron chi connectivity index (χ2n) is 4.25. The lowest BCUT2D eigenvalue weighted by atomic mass is 10.1. The Morgan fingerprint density at radius 3 is 3.05 bits per heavy atom. The summed E-state index contributed by atoms with van der Waals surface area (Å²) in [7, 11) is 0. The molecule has 1 unspecified atom stereocenters. The lowest BCUT2D eigenvalue weighted by molar-refractivity contribution is 0.503. The van der Waals surface area contributed by atoms with Crippen LogP contribution in [-0.4, -0.2) is 16.0 Å². The topological polar surface area (TPSA) is 37.8 Å². The van der Waals surface area contributed by atoms with Crippen molar-refractivity contribution >= 4 is 11.3 Å².